The number of rotatable bonds is 10. The van der Waals surface area contributed by atoms with E-state index in [4.69, 9.17) is 14.2 Å². The van der Waals surface area contributed by atoms with Crippen LogP contribution < -0.4 is 10.0 Å². The second-order valence-corrected chi connectivity index (χ2v) is 10.3. The molecule has 1 aliphatic rings. The minimum atomic E-state index is -0.865. The van der Waals surface area contributed by atoms with Gasteiger partial charge in [0.2, 0.25) is 0 Å². The van der Waals surface area contributed by atoms with Crippen LogP contribution in [0.4, 0.5) is 0 Å². The van der Waals surface area contributed by atoms with Crippen molar-refractivity contribution in [2.45, 2.75) is 63.0 Å². The summed E-state index contributed by atoms with van der Waals surface area (Å²) in [5.41, 5.74) is 3.49. The number of aliphatic hydroxyl groups is 1. The summed E-state index contributed by atoms with van der Waals surface area (Å²) >= 11 is 1.44. The van der Waals surface area contributed by atoms with Gasteiger partial charge in [-0.2, -0.15) is 4.73 Å². The first kappa shape index (κ1) is 28.6. The van der Waals surface area contributed by atoms with Gasteiger partial charge in [0.05, 0.1) is 18.8 Å². The van der Waals surface area contributed by atoms with Gasteiger partial charge >= 0.3 is 5.97 Å². The van der Waals surface area contributed by atoms with Gasteiger partial charge in [-0.25, -0.2) is 0 Å². The van der Waals surface area contributed by atoms with E-state index in [1.807, 2.05) is 54.6 Å². The quantitative estimate of drug-likeness (QED) is 0.169. The Hall–Kier alpha value is -3.44. The predicted octanol–water partition coefficient (Wildman–Crippen LogP) is 3.72. The number of hydrogen-bond donors (Lipinski definition) is 2. The zero-order chi connectivity index (χ0) is 27.8. The highest BCUT2D eigenvalue weighted by molar-refractivity contribution is 7.99. The lowest BCUT2D eigenvalue weighted by atomic mass is 10.0. The summed E-state index contributed by atoms with van der Waals surface area (Å²) in [6.45, 7) is 3.03. The Morgan fingerprint density at radius 2 is 1.77 bits per heavy atom. The van der Waals surface area contributed by atoms with Crippen LogP contribution in [0.2, 0.25) is 0 Å². The van der Waals surface area contributed by atoms with Crippen LogP contribution in [0.1, 0.15) is 54.9 Å². The van der Waals surface area contributed by atoms with Crippen LogP contribution in [0, 0.1) is 5.21 Å². The number of hydrogen-bond acceptors (Lipinski definition) is 8. The third-order valence-corrected chi connectivity index (χ3v) is 7.40. The number of carbonyl (C=O) groups excluding carboxylic acids is 2. The van der Waals surface area contributed by atoms with Crippen LogP contribution in [0.15, 0.2) is 78.0 Å². The monoisotopic (exact) mass is 552 g/mol. The number of aromatic nitrogens is 1. The summed E-state index contributed by atoms with van der Waals surface area (Å²) in [6.07, 6.45) is 0.170. The average molecular weight is 553 g/mol. The van der Waals surface area contributed by atoms with E-state index in [0.29, 0.717) is 17.2 Å². The minimum Gasteiger partial charge on any atom is -0.618 e. The van der Waals surface area contributed by atoms with Gasteiger partial charge < -0.3 is 29.8 Å². The molecule has 0 saturated carbocycles. The Morgan fingerprint density at radius 1 is 1.08 bits per heavy atom. The van der Waals surface area contributed by atoms with Crippen molar-refractivity contribution in [3.05, 3.63) is 100 Å². The molecule has 2 N–H and O–H groups in total. The molecule has 0 aliphatic carbocycles. The molecule has 2 aromatic carbocycles. The summed E-state index contributed by atoms with van der Waals surface area (Å²) in [4.78, 5) is 23.2. The van der Waals surface area contributed by atoms with Gasteiger partial charge in [-0.15, -0.1) is 0 Å². The molecule has 3 aromatic rings. The zero-order valence-electron chi connectivity index (χ0n) is 21.8. The van der Waals surface area contributed by atoms with Crippen molar-refractivity contribution >= 4 is 23.6 Å². The van der Waals surface area contributed by atoms with Gasteiger partial charge in [-0.3, -0.25) is 9.59 Å². The van der Waals surface area contributed by atoms with Crippen molar-refractivity contribution < 1.29 is 33.6 Å². The molecule has 1 fully saturated rings. The van der Waals surface area contributed by atoms with Crippen molar-refractivity contribution in [2.75, 3.05) is 5.75 Å². The highest BCUT2D eigenvalue weighted by Gasteiger charge is 2.32. The number of esters is 1. The maximum atomic E-state index is 12.1. The van der Waals surface area contributed by atoms with Gasteiger partial charge in [0.1, 0.15) is 0 Å². The number of aliphatic hydroxyl groups excluding tert-OH is 1. The van der Waals surface area contributed by atoms with E-state index in [0.717, 1.165) is 27.0 Å². The van der Waals surface area contributed by atoms with Crippen LogP contribution in [-0.2, 0) is 37.0 Å². The summed E-state index contributed by atoms with van der Waals surface area (Å²) in [5, 5.41) is 24.9. The molecule has 9 nitrogen and oxygen atoms in total. The molecule has 1 unspecified atom stereocenters. The molecule has 10 heteroatoms. The Morgan fingerprint density at radius 3 is 2.44 bits per heavy atom. The Balaban J connectivity index is 1.45. The van der Waals surface area contributed by atoms with Gasteiger partial charge in [0, 0.05) is 43.3 Å². The summed E-state index contributed by atoms with van der Waals surface area (Å²) in [6, 6.07) is 20.5. The number of nitrogens with one attached hydrogen (secondary N) is 1. The Labute approximate surface area is 231 Å². The lowest BCUT2D eigenvalue weighted by Gasteiger charge is -2.36. The highest BCUT2D eigenvalue weighted by Crippen LogP contribution is 2.39. The Bertz CT molecular complexity index is 1250. The molecule has 4 atom stereocenters. The first-order valence-electron chi connectivity index (χ1n) is 12.7. The van der Waals surface area contributed by atoms with Gasteiger partial charge in [0.25, 0.3) is 10.9 Å². The predicted molar refractivity (Wildman–Crippen MR) is 144 cm³/mol. The Kier molecular flexibility index (Phi) is 9.94. The molecule has 0 radical (unpaired) electrons. The standard InChI is InChI=1S/C29H32N2O7S/c1-19(36-20(2)33)28(34)30-16-21-6-12-24(13-7-21)29-37-25(18-39-27-5-3-4-14-31(27)35)15-26(38-29)23-10-8-22(17-32)9-11-23/h3-14,19,25-26,29,32H,15-18H2,1-2H3,(H,30,34)/t19-,25-,26+,29?/m0/s1. The maximum absolute atomic E-state index is 12.1. The fraction of sp³-hybridized carbons (Fsp3) is 0.345. The molecule has 0 spiro atoms. The summed E-state index contributed by atoms with van der Waals surface area (Å²) in [5.74, 6) is -0.312. The van der Waals surface area contributed by atoms with Crippen molar-refractivity contribution in [3.8, 4) is 0 Å². The largest absolute Gasteiger partial charge is 0.618 e. The fourth-order valence-corrected chi connectivity index (χ4v) is 5.09. The molecule has 1 amide bonds. The van der Waals surface area contributed by atoms with Gasteiger partial charge in [-0.1, -0.05) is 60.3 Å². The number of thioether (sulfide) groups is 1. The van der Waals surface area contributed by atoms with E-state index in [1.165, 1.54) is 31.8 Å². The molecule has 4 rings (SSSR count). The maximum Gasteiger partial charge on any atom is 0.303 e. The number of carbonyl (C=O) groups is 2. The molecule has 1 aliphatic heterocycles. The molecule has 1 aromatic heterocycles. The second kappa shape index (κ2) is 13.6. The topological polar surface area (TPSA) is 121 Å². The third-order valence-electron chi connectivity index (χ3n) is 6.25. The second-order valence-electron chi connectivity index (χ2n) is 9.24. The van der Waals surface area contributed by atoms with Crippen LogP contribution in [0.3, 0.4) is 0 Å². The highest BCUT2D eigenvalue weighted by atomic mass is 32.2. The van der Waals surface area contributed by atoms with E-state index in [1.54, 1.807) is 12.1 Å². The van der Waals surface area contributed by atoms with Crippen LogP contribution in [-0.4, -0.2) is 34.9 Å². The van der Waals surface area contributed by atoms with E-state index in [2.05, 4.69) is 5.32 Å². The molecular formula is C29H32N2O7S. The zero-order valence-corrected chi connectivity index (χ0v) is 22.6. The van der Waals surface area contributed by atoms with Gasteiger partial charge in [0.15, 0.2) is 18.6 Å². The number of amides is 1. The fourth-order valence-electron chi connectivity index (χ4n) is 4.15. The van der Waals surface area contributed by atoms with E-state index < -0.39 is 18.4 Å². The summed E-state index contributed by atoms with van der Waals surface area (Å²) in [7, 11) is 0. The lowest BCUT2D eigenvalue weighted by Crippen LogP contribution is -2.35. The first-order chi connectivity index (χ1) is 18.8. The van der Waals surface area contributed by atoms with Gasteiger partial charge in [-0.05, 0) is 29.7 Å². The summed E-state index contributed by atoms with van der Waals surface area (Å²) < 4.78 is 18.4. The average Bonchev–Trinajstić information content (AvgIpc) is 2.95. The van der Waals surface area contributed by atoms with Crippen LogP contribution >= 0.6 is 11.8 Å². The van der Waals surface area contributed by atoms with E-state index >= 15 is 0 Å². The SMILES string of the molecule is CC(=O)O[C@@H](C)C(=O)NCc1ccc(C2O[C@H](CSc3cccc[n+]3[O-])C[C@H](c3ccc(CO)cc3)O2)cc1. The first-order valence-corrected chi connectivity index (χ1v) is 13.7. The molecule has 2 heterocycles. The van der Waals surface area contributed by atoms with Crippen molar-refractivity contribution in [1.82, 2.24) is 5.32 Å². The normalized spacial score (nSPS) is 19.7. The van der Waals surface area contributed by atoms with Crippen molar-refractivity contribution in [1.29, 1.82) is 0 Å². The smallest absolute Gasteiger partial charge is 0.303 e. The number of benzene rings is 2. The third kappa shape index (κ3) is 8.03. The molecule has 0 bridgehead atoms. The molecule has 39 heavy (non-hydrogen) atoms. The van der Waals surface area contributed by atoms with Crippen LogP contribution in [0.5, 0.6) is 0 Å². The van der Waals surface area contributed by atoms with Crippen LogP contribution in [0.25, 0.3) is 0 Å². The molecule has 1 saturated heterocycles. The van der Waals surface area contributed by atoms with Crippen molar-refractivity contribution in [2.24, 2.45) is 0 Å². The molecular weight excluding hydrogens is 520 g/mol. The lowest BCUT2D eigenvalue weighted by molar-refractivity contribution is -0.645. The number of nitrogens with zero attached hydrogens (tertiary/aromatic N) is 1. The minimum absolute atomic E-state index is 0.0292. The van der Waals surface area contributed by atoms with Crippen molar-refractivity contribution in [3.63, 3.8) is 0 Å². The van der Waals surface area contributed by atoms with E-state index in [9.17, 15) is 19.9 Å². The number of pyridine rings is 1. The molecule has 206 valence electrons. The van der Waals surface area contributed by atoms with E-state index in [-0.39, 0.29) is 31.3 Å². The number of ether oxygens (including phenoxy) is 3.